The summed E-state index contributed by atoms with van der Waals surface area (Å²) in [5.41, 5.74) is 8.17. The van der Waals surface area contributed by atoms with Gasteiger partial charge in [-0.3, -0.25) is 0 Å². The van der Waals surface area contributed by atoms with Crippen LogP contribution in [-0.4, -0.2) is 18.0 Å². The summed E-state index contributed by atoms with van der Waals surface area (Å²) in [5, 5.41) is 3.22. The molecule has 5 heteroatoms. The van der Waals surface area contributed by atoms with E-state index in [1.54, 1.807) is 24.5 Å². The molecule has 0 bridgehead atoms. The average Bonchev–Trinajstić information content (AvgIpc) is 3.49. The number of fused-ring (bicyclic) bond motifs is 3. The van der Waals surface area contributed by atoms with Gasteiger partial charge in [0.25, 0.3) is 0 Å². The van der Waals surface area contributed by atoms with Crippen molar-refractivity contribution in [3.8, 4) is 33.6 Å². The van der Waals surface area contributed by atoms with Crippen molar-refractivity contribution in [3.63, 3.8) is 0 Å². The van der Waals surface area contributed by atoms with Gasteiger partial charge in [0.1, 0.15) is 5.58 Å². The van der Waals surface area contributed by atoms with Crippen LogP contribution in [0.2, 0.25) is 19.6 Å². The van der Waals surface area contributed by atoms with Crippen molar-refractivity contribution >= 4 is 35.2 Å². The maximum Gasteiger partial charge on any atom is 0.121 e. The van der Waals surface area contributed by atoms with E-state index in [-0.39, 0.29) is 31.6 Å². The molecule has 0 saturated heterocycles. The summed E-state index contributed by atoms with van der Waals surface area (Å²) in [6, 6.07) is 39.4. The Morgan fingerprint density at radius 2 is 1.55 bits per heavy atom. The molecule has 0 fully saturated rings. The van der Waals surface area contributed by atoms with Crippen molar-refractivity contribution in [1.82, 2.24) is 9.97 Å². The first kappa shape index (κ1) is 27.9. The molecule has 0 spiro atoms. The van der Waals surface area contributed by atoms with Gasteiger partial charge in [-0.05, 0) is 52.1 Å². The summed E-state index contributed by atoms with van der Waals surface area (Å²) in [6.07, 6.45) is 2.13. The molecule has 0 aliphatic carbocycles. The molecule has 239 valence electrons. The molecule has 47 heavy (non-hydrogen) atoms. The summed E-state index contributed by atoms with van der Waals surface area (Å²) in [6.45, 7) is 8.14. The Morgan fingerprint density at radius 1 is 0.766 bits per heavy atom. The Hall–Kier alpha value is -4.15. The van der Waals surface area contributed by atoms with E-state index in [0.717, 1.165) is 43.9 Å². The largest absolute Gasteiger partial charge is 0.500 e. The molecule has 3 heterocycles. The second kappa shape index (κ2) is 14.7. The van der Waals surface area contributed by atoms with E-state index in [4.69, 9.17) is 11.3 Å². The summed E-state index contributed by atoms with van der Waals surface area (Å²) in [4.78, 5) is 8.95. The van der Waals surface area contributed by atoms with Gasteiger partial charge in [-0.25, -0.2) is 0 Å². The van der Waals surface area contributed by atoms with Crippen LogP contribution < -0.4 is 5.19 Å². The van der Waals surface area contributed by atoms with Gasteiger partial charge in [-0.15, -0.1) is 59.2 Å². The predicted octanol–water partition coefficient (Wildman–Crippen LogP) is 10.7. The van der Waals surface area contributed by atoms with Crippen LogP contribution in [0.5, 0.6) is 0 Å². The van der Waals surface area contributed by atoms with Gasteiger partial charge < -0.3 is 14.4 Å². The smallest absolute Gasteiger partial charge is 0.121 e. The van der Waals surface area contributed by atoms with Gasteiger partial charge in [-0.2, -0.15) is 0 Å². The van der Waals surface area contributed by atoms with E-state index in [1.807, 2.05) is 62.4 Å². The minimum Gasteiger partial charge on any atom is -0.500 e. The minimum atomic E-state index is -2.16. The van der Waals surface area contributed by atoms with E-state index in [9.17, 15) is 0 Å². The van der Waals surface area contributed by atoms with Gasteiger partial charge >= 0.3 is 0 Å². The summed E-state index contributed by atoms with van der Waals surface area (Å²) in [5.74, 6) is -0.172. The van der Waals surface area contributed by atoms with Crippen LogP contribution in [0.25, 0.3) is 55.6 Å². The Balaban J connectivity index is 0.000000197. The zero-order valence-electron chi connectivity index (χ0n) is 32.2. The van der Waals surface area contributed by atoms with Crippen molar-refractivity contribution in [2.24, 2.45) is 5.92 Å². The van der Waals surface area contributed by atoms with E-state index in [2.05, 4.69) is 78.1 Å². The van der Waals surface area contributed by atoms with Crippen LogP contribution in [0, 0.1) is 24.9 Å². The Kier molecular flexibility index (Phi) is 8.75. The third-order valence-electron chi connectivity index (χ3n) is 7.70. The third-order valence-corrected chi connectivity index (χ3v) is 9.71. The molecule has 7 aromatic rings. The van der Waals surface area contributed by atoms with Crippen LogP contribution in [0.3, 0.4) is 0 Å². The summed E-state index contributed by atoms with van der Waals surface area (Å²) < 4.78 is 45.6. The fourth-order valence-corrected chi connectivity index (χ4v) is 6.82. The molecule has 4 aromatic carbocycles. The fourth-order valence-electron chi connectivity index (χ4n) is 5.42. The number of aromatic nitrogens is 2. The van der Waals surface area contributed by atoms with E-state index in [1.165, 1.54) is 11.6 Å². The molecule has 3 aromatic heterocycles. The van der Waals surface area contributed by atoms with E-state index >= 15 is 0 Å². The molecule has 7 rings (SSSR count). The van der Waals surface area contributed by atoms with Crippen molar-refractivity contribution in [1.29, 1.82) is 0 Å². The van der Waals surface area contributed by atoms with E-state index < -0.39 is 21.3 Å². The maximum atomic E-state index is 8.59. The number of pyridine rings is 2. The first-order valence-electron chi connectivity index (χ1n) is 18.0. The SMILES string of the molecule is [2H]C([2H])([2H])c1c[c-]c(-c2cc(C([2H])([2H])C(C)C)c([Si](C)(C)C)cn2)cc1.[Ir].[c-]1cc2oc3cc(-c4ccccc4)ccc3c2cc1-c1ccccn1. The number of nitrogens with zero attached hydrogens (tertiary/aromatic N) is 2. The third kappa shape index (κ3) is 8.05. The number of hydrogen-bond donors (Lipinski definition) is 0. The fraction of sp³-hybridized carbons (Fsp3) is 0.190. The Bertz CT molecular complexity index is 2280. The summed E-state index contributed by atoms with van der Waals surface area (Å²) >= 11 is 0. The summed E-state index contributed by atoms with van der Waals surface area (Å²) in [7, 11) is -1.78. The number of hydrogen-bond acceptors (Lipinski definition) is 3. The van der Waals surface area contributed by atoms with Crippen LogP contribution in [-0.2, 0) is 26.5 Å². The standard InChI is InChI=1S/C23H14NO.C19H26NSi.Ir/c1-2-6-16(7-3-1)17-9-11-19-20-14-18(21-8-4-5-13-24-21)10-12-22(20)25-23(19)15-17;1-14(2)11-17-12-18(16-9-7-15(3)8-10-16)20-13-19(17)21(4,5)6;/h1-9,11-15H;7-9,12-14H,11H2,1-6H3;/q2*-1;/i;3D3,11D2;. The van der Waals surface area contributed by atoms with Crippen LogP contribution in [0.4, 0.5) is 0 Å². The van der Waals surface area contributed by atoms with E-state index in [0.29, 0.717) is 16.8 Å². The van der Waals surface area contributed by atoms with Crippen LogP contribution >= 0.6 is 0 Å². The second-order valence-corrected chi connectivity index (χ2v) is 17.7. The molecule has 3 nitrogen and oxygen atoms in total. The zero-order chi connectivity index (χ0) is 36.6. The molecule has 0 unspecified atom stereocenters. The quantitative estimate of drug-likeness (QED) is 0.124. The average molecular weight is 814 g/mol. The van der Waals surface area contributed by atoms with Gasteiger partial charge in [0.2, 0.25) is 0 Å². The molecule has 0 amide bonds. The van der Waals surface area contributed by atoms with Crippen molar-refractivity contribution in [2.45, 2.75) is 46.7 Å². The number of furan rings is 1. The van der Waals surface area contributed by atoms with Crippen molar-refractivity contribution in [2.75, 3.05) is 0 Å². The topological polar surface area (TPSA) is 38.9 Å². The van der Waals surface area contributed by atoms with Gasteiger partial charge in [0.15, 0.2) is 0 Å². The van der Waals surface area contributed by atoms with Gasteiger partial charge in [0, 0.05) is 44.7 Å². The number of rotatable bonds is 6. The minimum absolute atomic E-state index is 0. The van der Waals surface area contributed by atoms with Crippen molar-refractivity contribution < 1.29 is 31.4 Å². The Labute approximate surface area is 300 Å². The first-order chi connectivity index (χ1) is 24.1. The Morgan fingerprint density at radius 3 is 2.23 bits per heavy atom. The predicted molar refractivity (Wildman–Crippen MR) is 196 cm³/mol. The monoisotopic (exact) mass is 814 g/mol. The van der Waals surface area contributed by atoms with Crippen LogP contribution in [0.15, 0.2) is 120 Å². The second-order valence-electron chi connectivity index (χ2n) is 12.7. The molecule has 1 radical (unpaired) electrons. The van der Waals surface area contributed by atoms with Crippen LogP contribution in [0.1, 0.15) is 31.8 Å². The molecule has 0 atom stereocenters. The normalized spacial score (nSPS) is 13.4. The molecular weight excluding hydrogens is 769 g/mol. The van der Waals surface area contributed by atoms with Crippen molar-refractivity contribution in [3.05, 3.63) is 139 Å². The molecule has 0 N–H and O–H groups in total. The number of benzene rings is 4. The zero-order valence-corrected chi connectivity index (χ0v) is 30.6. The molecule has 0 aliphatic rings. The maximum absolute atomic E-state index is 8.59. The molecule has 0 saturated carbocycles. The van der Waals surface area contributed by atoms with Gasteiger partial charge in [-0.1, -0.05) is 112 Å². The first-order valence-corrected chi connectivity index (χ1v) is 19.0. The molecule has 0 aliphatic heterocycles. The molecular formula is C42H40IrN2OSi-2. The van der Waals surface area contributed by atoms with Gasteiger partial charge in [0.05, 0.1) is 13.7 Å². The number of aryl methyl sites for hydroxylation is 1.